The van der Waals surface area contributed by atoms with Crippen LogP contribution in [0.4, 0.5) is 11.4 Å². The van der Waals surface area contributed by atoms with E-state index in [0.717, 1.165) is 11.3 Å². The predicted molar refractivity (Wildman–Crippen MR) is 81.7 cm³/mol. The van der Waals surface area contributed by atoms with Crippen LogP contribution in [0.2, 0.25) is 0 Å². The molecule has 0 aliphatic rings. The van der Waals surface area contributed by atoms with Gasteiger partial charge in [-0.05, 0) is 30.7 Å². The highest BCUT2D eigenvalue weighted by molar-refractivity contribution is 5.88. The summed E-state index contributed by atoms with van der Waals surface area (Å²) in [6.07, 6.45) is 3.22. The van der Waals surface area contributed by atoms with Crippen LogP contribution in [0.5, 0.6) is 0 Å². The first-order valence-corrected chi connectivity index (χ1v) is 6.58. The van der Waals surface area contributed by atoms with E-state index in [2.05, 4.69) is 21.7 Å². The lowest BCUT2D eigenvalue weighted by atomic mass is 10.1. The van der Waals surface area contributed by atoms with Crippen LogP contribution in [0.15, 0.2) is 42.7 Å². The van der Waals surface area contributed by atoms with E-state index in [1.807, 2.05) is 31.2 Å². The minimum atomic E-state index is -0.105. The third-order valence-corrected chi connectivity index (χ3v) is 3.02. The molecule has 0 bridgehead atoms. The molecule has 0 aliphatic carbocycles. The second-order valence-electron chi connectivity index (χ2n) is 4.71. The molecular weight excluding hydrogens is 264 g/mol. The molecule has 0 radical (unpaired) electrons. The average Bonchev–Trinajstić information content (AvgIpc) is 2.47. The van der Waals surface area contributed by atoms with Crippen molar-refractivity contribution in [1.82, 2.24) is 4.98 Å². The first-order chi connectivity index (χ1) is 10.1. The summed E-state index contributed by atoms with van der Waals surface area (Å²) in [6, 6.07) is 11.4. The SMILES string of the molecule is CC(=O)Nc1cccc(C(C)Nc2cnccc2C#N)c1. The average molecular weight is 280 g/mol. The van der Waals surface area contributed by atoms with Gasteiger partial charge in [0, 0.05) is 24.8 Å². The highest BCUT2D eigenvalue weighted by Crippen LogP contribution is 2.23. The Morgan fingerprint density at radius 3 is 2.90 bits per heavy atom. The number of carbonyl (C=O) groups excluding carboxylic acids is 1. The highest BCUT2D eigenvalue weighted by atomic mass is 16.1. The molecule has 2 aromatic rings. The van der Waals surface area contributed by atoms with E-state index in [4.69, 9.17) is 5.26 Å². The number of nitrogens with one attached hydrogen (secondary N) is 2. The number of hydrogen-bond acceptors (Lipinski definition) is 4. The molecule has 0 saturated carbocycles. The summed E-state index contributed by atoms with van der Waals surface area (Å²) in [5.41, 5.74) is 3.00. The summed E-state index contributed by atoms with van der Waals surface area (Å²) >= 11 is 0. The van der Waals surface area contributed by atoms with Crippen molar-refractivity contribution in [3.8, 4) is 6.07 Å². The van der Waals surface area contributed by atoms with Gasteiger partial charge in [-0.3, -0.25) is 9.78 Å². The molecule has 0 spiro atoms. The van der Waals surface area contributed by atoms with Crippen molar-refractivity contribution in [2.75, 3.05) is 10.6 Å². The molecule has 2 N–H and O–H groups in total. The number of amides is 1. The van der Waals surface area contributed by atoms with Crippen molar-refractivity contribution >= 4 is 17.3 Å². The Morgan fingerprint density at radius 2 is 2.19 bits per heavy atom. The molecule has 1 atom stereocenters. The Balaban J connectivity index is 2.18. The third kappa shape index (κ3) is 3.80. The van der Waals surface area contributed by atoms with Crippen LogP contribution in [0, 0.1) is 11.3 Å². The lowest BCUT2D eigenvalue weighted by molar-refractivity contribution is -0.114. The summed E-state index contributed by atoms with van der Waals surface area (Å²) < 4.78 is 0. The third-order valence-electron chi connectivity index (χ3n) is 3.02. The maximum absolute atomic E-state index is 11.1. The van der Waals surface area contributed by atoms with Crippen molar-refractivity contribution in [3.63, 3.8) is 0 Å². The number of hydrogen-bond donors (Lipinski definition) is 2. The van der Waals surface area contributed by atoms with Crippen LogP contribution in [-0.2, 0) is 4.79 Å². The molecule has 2 rings (SSSR count). The second kappa shape index (κ2) is 6.53. The van der Waals surface area contributed by atoms with Crippen molar-refractivity contribution < 1.29 is 4.79 Å². The molecule has 1 amide bonds. The van der Waals surface area contributed by atoms with Crippen molar-refractivity contribution in [2.45, 2.75) is 19.9 Å². The van der Waals surface area contributed by atoms with E-state index in [1.54, 1.807) is 18.5 Å². The van der Waals surface area contributed by atoms with Crippen molar-refractivity contribution in [2.24, 2.45) is 0 Å². The Hall–Kier alpha value is -2.87. The number of rotatable bonds is 4. The number of benzene rings is 1. The zero-order chi connectivity index (χ0) is 15.2. The molecular formula is C16H16N4O. The van der Waals surface area contributed by atoms with Gasteiger partial charge in [0.25, 0.3) is 0 Å². The van der Waals surface area contributed by atoms with Gasteiger partial charge in [0.2, 0.25) is 5.91 Å². The van der Waals surface area contributed by atoms with E-state index >= 15 is 0 Å². The van der Waals surface area contributed by atoms with Gasteiger partial charge in [-0.15, -0.1) is 0 Å². The maximum Gasteiger partial charge on any atom is 0.221 e. The quantitative estimate of drug-likeness (QED) is 0.902. The Bertz CT molecular complexity index is 691. The monoisotopic (exact) mass is 280 g/mol. The fraction of sp³-hybridized carbons (Fsp3) is 0.188. The number of aromatic nitrogens is 1. The molecule has 1 aromatic heterocycles. The summed E-state index contributed by atoms with van der Waals surface area (Å²) in [5, 5.41) is 15.1. The normalized spacial score (nSPS) is 11.3. The molecule has 5 heteroatoms. The lowest BCUT2D eigenvalue weighted by Crippen LogP contribution is -2.10. The van der Waals surface area contributed by atoms with Crippen LogP contribution in [0.3, 0.4) is 0 Å². The van der Waals surface area contributed by atoms with Gasteiger partial charge >= 0.3 is 0 Å². The lowest BCUT2D eigenvalue weighted by Gasteiger charge is -2.17. The van der Waals surface area contributed by atoms with Gasteiger partial charge in [0.05, 0.1) is 17.4 Å². The number of carbonyl (C=O) groups is 1. The summed E-state index contributed by atoms with van der Waals surface area (Å²) in [5.74, 6) is -0.105. The zero-order valence-electron chi connectivity index (χ0n) is 11.9. The van der Waals surface area contributed by atoms with E-state index in [-0.39, 0.29) is 11.9 Å². The molecule has 1 heterocycles. The fourth-order valence-electron chi connectivity index (χ4n) is 2.01. The van der Waals surface area contributed by atoms with Crippen LogP contribution < -0.4 is 10.6 Å². The van der Waals surface area contributed by atoms with Crippen LogP contribution in [0.25, 0.3) is 0 Å². The summed E-state index contributed by atoms with van der Waals surface area (Å²) in [6.45, 7) is 3.46. The van der Waals surface area contributed by atoms with E-state index in [0.29, 0.717) is 11.3 Å². The van der Waals surface area contributed by atoms with Gasteiger partial charge in [0.15, 0.2) is 0 Å². The Labute approximate surface area is 123 Å². The van der Waals surface area contributed by atoms with Gasteiger partial charge < -0.3 is 10.6 Å². The standard InChI is InChI=1S/C16H16N4O/c1-11(19-16-10-18-7-6-14(16)9-17)13-4-3-5-15(8-13)20-12(2)21/h3-8,10-11,19H,1-2H3,(H,20,21). The number of nitriles is 1. The molecule has 1 unspecified atom stereocenters. The van der Waals surface area contributed by atoms with Crippen molar-refractivity contribution in [3.05, 3.63) is 53.9 Å². The van der Waals surface area contributed by atoms with Gasteiger partial charge in [-0.2, -0.15) is 5.26 Å². The largest absolute Gasteiger partial charge is 0.376 e. The number of nitrogens with zero attached hydrogens (tertiary/aromatic N) is 2. The van der Waals surface area contributed by atoms with E-state index in [1.165, 1.54) is 6.92 Å². The molecule has 5 nitrogen and oxygen atoms in total. The highest BCUT2D eigenvalue weighted by Gasteiger charge is 2.09. The molecule has 21 heavy (non-hydrogen) atoms. The summed E-state index contributed by atoms with van der Waals surface area (Å²) in [4.78, 5) is 15.1. The fourth-order valence-corrected chi connectivity index (χ4v) is 2.01. The molecule has 0 saturated heterocycles. The first kappa shape index (κ1) is 14.5. The minimum absolute atomic E-state index is 0.0185. The van der Waals surface area contributed by atoms with Gasteiger partial charge in [0.1, 0.15) is 6.07 Å². The minimum Gasteiger partial charge on any atom is -0.376 e. The topological polar surface area (TPSA) is 77.8 Å². The molecule has 1 aromatic carbocycles. The number of anilines is 2. The molecule has 106 valence electrons. The van der Waals surface area contributed by atoms with Crippen molar-refractivity contribution in [1.29, 1.82) is 5.26 Å². The van der Waals surface area contributed by atoms with Crippen LogP contribution >= 0.6 is 0 Å². The molecule has 0 fully saturated rings. The van der Waals surface area contributed by atoms with Gasteiger partial charge in [-0.1, -0.05) is 12.1 Å². The Kier molecular flexibility index (Phi) is 4.52. The van der Waals surface area contributed by atoms with Crippen LogP contribution in [0.1, 0.15) is 31.0 Å². The molecule has 0 aliphatic heterocycles. The van der Waals surface area contributed by atoms with Crippen LogP contribution in [-0.4, -0.2) is 10.9 Å². The predicted octanol–water partition coefficient (Wildman–Crippen LogP) is 3.08. The summed E-state index contributed by atoms with van der Waals surface area (Å²) in [7, 11) is 0. The van der Waals surface area contributed by atoms with Gasteiger partial charge in [-0.25, -0.2) is 0 Å². The first-order valence-electron chi connectivity index (χ1n) is 6.58. The smallest absolute Gasteiger partial charge is 0.221 e. The number of pyridine rings is 1. The zero-order valence-corrected chi connectivity index (χ0v) is 11.9. The Morgan fingerprint density at radius 1 is 1.38 bits per heavy atom. The maximum atomic E-state index is 11.1. The van der Waals surface area contributed by atoms with E-state index in [9.17, 15) is 4.79 Å². The van der Waals surface area contributed by atoms with E-state index < -0.39 is 0 Å². The second-order valence-corrected chi connectivity index (χ2v) is 4.71.